The minimum Gasteiger partial charge on any atom is -0.542 e. The number of hydrogen-bond acceptors (Lipinski definition) is 2. The van der Waals surface area contributed by atoms with E-state index < -0.39 is 12.1 Å². The molecule has 128 valence electrons. The zero-order chi connectivity index (χ0) is 16.9. The Morgan fingerprint density at radius 2 is 1.57 bits per heavy atom. The van der Waals surface area contributed by atoms with E-state index in [-0.39, 0.29) is 0 Å². The molecule has 4 rings (SSSR count). The van der Waals surface area contributed by atoms with Crippen molar-refractivity contribution < 1.29 is 27.6 Å². The van der Waals surface area contributed by atoms with Crippen LogP contribution in [-0.4, -0.2) is 42.8 Å². The summed E-state index contributed by atoms with van der Waals surface area (Å²) in [4.78, 5) is 8.78. The van der Waals surface area contributed by atoms with Crippen LogP contribution in [0.2, 0.25) is 0 Å². The van der Waals surface area contributed by atoms with Gasteiger partial charge in [0.1, 0.15) is 5.97 Å². The number of rotatable bonds is 3. The highest BCUT2D eigenvalue weighted by Crippen LogP contribution is 2.33. The third-order valence-corrected chi connectivity index (χ3v) is 4.98. The Labute approximate surface area is 134 Å². The number of fused-ring (bicyclic) bond motifs is 3. The number of carbonyl (C=O) groups is 1. The molecule has 1 aromatic carbocycles. The molecule has 0 atom stereocenters. The SMILES string of the molecule is O=C([O-])C(F)(F)F.c1ccc(CC[N+]23CCC(CC2)CC3)cc1. The topological polar surface area (TPSA) is 40.1 Å². The Hall–Kier alpha value is -1.56. The Kier molecular flexibility index (Phi) is 5.68. The normalized spacial score (nSPS) is 26.3. The summed E-state index contributed by atoms with van der Waals surface area (Å²) < 4.78 is 33.0. The first-order valence-corrected chi connectivity index (χ1v) is 7.98. The van der Waals surface area contributed by atoms with Gasteiger partial charge in [-0.1, -0.05) is 30.3 Å². The van der Waals surface area contributed by atoms with Crippen molar-refractivity contribution in [3.8, 4) is 0 Å². The van der Waals surface area contributed by atoms with Crippen LogP contribution in [0.5, 0.6) is 0 Å². The van der Waals surface area contributed by atoms with Gasteiger partial charge in [-0.15, -0.1) is 0 Å². The van der Waals surface area contributed by atoms with Crippen molar-refractivity contribution in [3.63, 3.8) is 0 Å². The fraction of sp³-hybridized carbons (Fsp3) is 0.588. The standard InChI is InChI=1S/C15H22N.C2HF3O2/c1-2-4-14(5-3-1)6-10-16-11-7-15(8-12-16)9-13-16;3-2(4,5)1(6)7/h1-5,15H,6-13H2;(H,6,7)/q+1;/p-1. The number of quaternary nitrogens is 1. The number of carbonyl (C=O) groups excluding carboxylic acids is 1. The van der Waals surface area contributed by atoms with E-state index in [4.69, 9.17) is 9.90 Å². The lowest BCUT2D eigenvalue weighted by atomic mass is 9.85. The molecule has 0 aliphatic carbocycles. The van der Waals surface area contributed by atoms with E-state index in [0.717, 1.165) is 5.92 Å². The quantitative estimate of drug-likeness (QED) is 0.797. The van der Waals surface area contributed by atoms with Gasteiger partial charge < -0.3 is 14.4 Å². The molecule has 0 radical (unpaired) electrons. The first-order valence-electron chi connectivity index (χ1n) is 7.98. The molecule has 3 aliphatic heterocycles. The number of nitrogens with zero attached hydrogens (tertiary/aromatic N) is 1. The predicted octanol–water partition coefficient (Wildman–Crippen LogP) is 2.16. The van der Waals surface area contributed by atoms with Gasteiger partial charge in [0.15, 0.2) is 0 Å². The molecule has 1 aromatic rings. The van der Waals surface area contributed by atoms with Gasteiger partial charge in [-0.25, -0.2) is 0 Å². The van der Waals surface area contributed by atoms with Gasteiger partial charge in [0, 0.05) is 6.42 Å². The average molecular weight is 329 g/mol. The molecule has 23 heavy (non-hydrogen) atoms. The van der Waals surface area contributed by atoms with Crippen LogP contribution < -0.4 is 5.11 Å². The van der Waals surface area contributed by atoms with E-state index in [1.807, 2.05) is 0 Å². The van der Waals surface area contributed by atoms with Crippen LogP contribution in [0.15, 0.2) is 30.3 Å². The number of aliphatic carboxylic acids is 1. The van der Waals surface area contributed by atoms with Crippen LogP contribution in [0.4, 0.5) is 13.2 Å². The van der Waals surface area contributed by atoms with Gasteiger partial charge in [-0.3, -0.25) is 0 Å². The van der Waals surface area contributed by atoms with Gasteiger partial charge in [0.2, 0.25) is 0 Å². The van der Waals surface area contributed by atoms with Gasteiger partial charge in [-0.05, 0) is 30.7 Å². The van der Waals surface area contributed by atoms with Crippen molar-refractivity contribution in [1.82, 2.24) is 0 Å². The summed E-state index contributed by atoms with van der Waals surface area (Å²) in [5, 5.41) is 8.78. The van der Waals surface area contributed by atoms with Crippen molar-refractivity contribution in [2.24, 2.45) is 5.92 Å². The summed E-state index contributed by atoms with van der Waals surface area (Å²) in [6.45, 7) is 5.74. The molecule has 0 amide bonds. The van der Waals surface area contributed by atoms with E-state index >= 15 is 0 Å². The molecule has 3 aliphatic rings. The zero-order valence-corrected chi connectivity index (χ0v) is 13.0. The molecule has 3 saturated heterocycles. The summed E-state index contributed by atoms with van der Waals surface area (Å²) in [6.07, 6.45) is 0.559. The monoisotopic (exact) mass is 329 g/mol. The largest absolute Gasteiger partial charge is 0.542 e. The maximum atomic E-state index is 10.5. The van der Waals surface area contributed by atoms with E-state index in [1.165, 1.54) is 61.9 Å². The van der Waals surface area contributed by atoms with Crippen molar-refractivity contribution in [2.75, 3.05) is 26.2 Å². The first-order chi connectivity index (χ1) is 10.8. The molecular weight excluding hydrogens is 307 g/mol. The Morgan fingerprint density at radius 3 is 2.00 bits per heavy atom. The number of carboxylic acids is 1. The summed E-state index contributed by atoms with van der Waals surface area (Å²) >= 11 is 0. The van der Waals surface area contributed by atoms with Crippen LogP contribution in [0.1, 0.15) is 24.8 Å². The van der Waals surface area contributed by atoms with Crippen LogP contribution in [0, 0.1) is 5.92 Å². The van der Waals surface area contributed by atoms with Crippen LogP contribution in [0.3, 0.4) is 0 Å². The Morgan fingerprint density at radius 1 is 1.09 bits per heavy atom. The lowest BCUT2D eigenvalue weighted by Gasteiger charge is -2.49. The number of halogens is 3. The van der Waals surface area contributed by atoms with Crippen molar-refractivity contribution in [2.45, 2.75) is 31.9 Å². The van der Waals surface area contributed by atoms with Crippen molar-refractivity contribution in [3.05, 3.63) is 35.9 Å². The predicted molar refractivity (Wildman–Crippen MR) is 78.3 cm³/mol. The number of piperidine rings is 3. The molecule has 0 N–H and O–H groups in total. The maximum absolute atomic E-state index is 10.5. The molecule has 2 bridgehead atoms. The molecule has 0 unspecified atom stereocenters. The molecule has 3 heterocycles. The molecule has 0 aromatic heterocycles. The fourth-order valence-corrected chi connectivity index (χ4v) is 3.48. The van der Waals surface area contributed by atoms with Gasteiger partial charge in [0.05, 0.1) is 26.2 Å². The van der Waals surface area contributed by atoms with E-state index in [1.54, 1.807) is 0 Å². The number of benzene rings is 1. The summed E-state index contributed by atoms with van der Waals surface area (Å²) in [5.41, 5.74) is 1.52. The highest BCUT2D eigenvalue weighted by Gasteiger charge is 2.38. The Bertz CT molecular complexity index is 495. The second-order valence-corrected chi connectivity index (χ2v) is 6.49. The second kappa shape index (κ2) is 7.34. The molecule has 0 spiro atoms. The Balaban J connectivity index is 0.000000236. The van der Waals surface area contributed by atoms with Crippen molar-refractivity contribution in [1.29, 1.82) is 0 Å². The summed E-state index contributed by atoms with van der Waals surface area (Å²) in [6, 6.07) is 11.0. The van der Waals surface area contributed by atoms with E-state index in [0.29, 0.717) is 0 Å². The van der Waals surface area contributed by atoms with Crippen LogP contribution in [0.25, 0.3) is 0 Å². The molecule has 0 saturated carbocycles. The van der Waals surface area contributed by atoms with Crippen molar-refractivity contribution >= 4 is 5.97 Å². The lowest BCUT2D eigenvalue weighted by Crippen LogP contribution is -2.58. The van der Waals surface area contributed by atoms with Gasteiger partial charge >= 0.3 is 6.18 Å². The highest BCUT2D eigenvalue weighted by atomic mass is 19.4. The third-order valence-electron chi connectivity index (χ3n) is 4.98. The minimum atomic E-state index is -5.19. The summed E-state index contributed by atoms with van der Waals surface area (Å²) in [7, 11) is 0. The maximum Gasteiger partial charge on any atom is 0.430 e. The number of alkyl halides is 3. The zero-order valence-electron chi connectivity index (χ0n) is 13.0. The van der Waals surface area contributed by atoms with Gasteiger partial charge in [-0.2, -0.15) is 13.2 Å². The first kappa shape index (κ1) is 17.8. The molecule has 6 heteroatoms. The third kappa shape index (κ3) is 5.23. The molecular formula is C17H22F3NO2. The minimum absolute atomic E-state index is 1.08. The van der Waals surface area contributed by atoms with Crippen LogP contribution in [-0.2, 0) is 11.2 Å². The lowest BCUT2D eigenvalue weighted by molar-refractivity contribution is -0.942. The van der Waals surface area contributed by atoms with Crippen LogP contribution >= 0.6 is 0 Å². The number of carboxylic acid groups (broad SMARTS) is 1. The molecule has 3 fully saturated rings. The smallest absolute Gasteiger partial charge is 0.430 e. The van der Waals surface area contributed by atoms with E-state index in [2.05, 4.69) is 30.3 Å². The van der Waals surface area contributed by atoms with E-state index in [9.17, 15) is 13.2 Å². The average Bonchev–Trinajstić information content (AvgIpc) is 2.55. The molecule has 3 nitrogen and oxygen atoms in total. The van der Waals surface area contributed by atoms with Gasteiger partial charge in [0.25, 0.3) is 0 Å². The highest BCUT2D eigenvalue weighted by molar-refractivity contribution is 5.70. The second-order valence-electron chi connectivity index (χ2n) is 6.49. The summed E-state index contributed by atoms with van der Waals surface area (Å²) in [5.74, 6) is -1.93. The number of hydrogen-bond donors (Lipinski definition) is 0. The fourth-order valence-electron chi connectivity index (χ4n) is 3.48.